The van der Waals surface area contributed by atoms with Crippen molar-refractivity contribution < 1.29 is 9.59 Å². The molecule has 0 aromatic carbocycles. The van der Waals surface area contributed by atoms with E-state index < -0.39 is 0 Å². The first-order chi connectivity index (χ1) is 5.13. The topological polar surface area (TPSA) is 37.4 Å². The molecule has 0 radical (unpaired) electrons. The molecule has 11 heavy (non-hydrogen) atoms. The molecule has 0 aliphatic carbocycles. The van der Waals surface area contributed by atoms with Crippen molar-refractivity contribution in [1.29, 1.82) is 0 Å². The molecule has 1 aliphatic heterocycles. The first-order valence-corrected chi connectivity index (χ1v) is 3.63. The Morgan fingerprint density at radius 2 is 1.45 bits per heavy atom. The van der Waals surface area contributed by atoms with Crippen LogP contribution in [-0.4, -0.2) is 23.8 Å². The lowest BCUT2D eigenvalue weighted by Crippen LogP contribution is -2.24. The number of carbonyl (C=O) groups excluding carboxylic acids is 2. The van der Waals surface area contributed by atoms with Gasteiger partial charge in [0.15, 0.2) is 0 Å². The fourth-order valence-corrected chi connectivity index (χ4v) is 0.475. The van der Waals surface area contributed by atoms with Crippen molar-refractivity contribution in [2.45, 2.75) is 20.3 Å². The second kappa shape index (κ2) is 4.66. The Morgan fingerprint density at radius 1 is 1.18 bits per heavy atom. The fraction of sp³-hybridized carbons (Fsp3) is 0.500. The van der Waals surface area contributed by atoms with Crippen molar-refractivity contribution in [3.05, 3.63) is 12.2 Å². The van der Waals surface area contributed by atoms with Gasteiger partial charge in [-0.3, -0.25) is 14.5 Å². The quantitative estimate of drug-likeness (QED) is 0.488. The van der Waals surface area contributed by atoms with Crippen molar-refractivity contribution in [3.63, 3.8) is 0 Å². The van der Waals surface area contributed by atoms with Gasteiger partial charge in [-0.2, -0.15) is 0 Å². The molecule has 0 fully saturated rings. The van der Waals surface area contributed by atoms with E-state index in [1.54, 1.807) is 0 Å². The van der Waals surface area contributed by atoms with Crippen LogP contribution in [0.2, 0.25) is 0 Å². The Labute approximate surface area is 66.7 Å². The summed E-state index contributed by atoms with van der Waals surface area (Å²) in [7, 11) is 1.45. The van der Waals surface area contributed by atoms with Crippen molar-refractivity contribution in [1.82, 2.24) is 4.90 Å². The van der Waals surface area contributed by atoms with Crippen LogP contribution in [0.25, 0.3) is 0 Å². The van der Waals surface area contributed by atoms with Crippen molar-refractivity contribution in [2.75, 3.05) is 7.05 Å². The lowest BCUT2D eigenvalue weighted by atomic mass is 10.6. The number of imide groups is 1. The van der Waals surface area contributed by atoms with Gasteiger partial charge in [0.25, 0.3) is 11.8 Å². The molecule has 0 N–H and O–H groups in total. The minimum Gasteiger partial charge on any atom is -0.279 e. The summed E-state index contributed by atoms with van der Waals surface area (Å²) in [5.41, 5.74) is 0. The molecule has 0 saturated heterocycles. The Bertz CT molecular complexity index is 167. The van der Waals surface area contributed by atoms with E-state index in [9.17, 15) is 9.59 Å². The van der Waals surface area contributed by atoms with Gasteiger partial charge in [0.1, 0.15) is 0 Å². The summed E-state index contributed by atoms with van der Waals surface area (Å²) in [5, 5.41) is 0. The van der Waals surface area contributed by atoms with Crippen LogP contribution in [0.4, 0.5) is 0 Å². The van der Waals surface area contributed by atoms with Gasteiger partial charge in [-0.25, -0.2) is 0 Å². The monoisotopic (exact) mass is 155 g/mol. The average Bonchev–Trinajstić information content (AvgIpc) is 2.22. The molecule has 2 amide bonds. The van der Waals surface area contributed by atoms with Crippen molar-refractivity contribution >= 4 is 11.8 Å². The van der Waals surface area contributed by atoms with E-state index in [1.165, 1.54) is 25.6 Å². The number of likely N-dealkylation sites (N-methyl/N-ethyl adjacent to an activating group) is 1. The third-order valence-electron chi connectivity index (χ3n) is 1.03. The van der Waals surface area contributed by atoms with E-state index in [-0.39, 0.29) is 11.8 Å². The second-order valence-electron chi connectivity index (χ2n) is 2.28. The molecule has 0 atom stereocenters. The summed E-state index contributed by atoms with van der Waals surface area (Å²) in [5.74, 6) is -0.481. The molecule has 0 spiro atoms. The summed E-state index contributed by atoms with van der Waals surface area (Å²) in [6.45, 7) is 4.25. The normalized spacial score (nSPS) is 15.0. The van der Waals surface area contributed by atoms with Gasteiger partial charge < -0.3 is 0 Å². The third-order valence-corrected chi connectivity index (χ3v) is 1.03. The molecular weight excluding hydrogens is 142 g/mol. The standard InChI is InChI=1S/C5H5NO2.C3H8/c1-6-4(7)2-3-5(6)8;1-3-2/h2-3H,1H3;3H2,1-2H3. The molecule has 62 valence electrons. The second-order valence-corrected chi connectivity index (χ2v) is 2.28. The summed E-state index contributed by atoms with van der Waals surface area (Å²) in [4.78, 5) is 21.9. The third kappa shape index (κ3) is 2.98. The van der Waals surface area contributed by atoms with Crippen LogP contribution in [0, 0.1) is 0 Å². The van der Waals surface area contributed by atoms with Crippen LogP contribution in [0.3, 0.4) is 0 Å². The lowest BCUT2D eigenvalue weighted by Gasteiger charge is -2.01. The van der Waals surface area contributed by atoms with Crippen molar-refractivity contribution in [3.8, 4) is 0 Å². The first-order valence-electron chi connectivity index (χ1n) is 3.63. The minimum atomic E-state index is -0.241. The summed E-state index contributed by atoms with van der Waals surface area (Å²) < 4.78 is 0. The predicted octanol–water partition coefficient (Wildman–Crippen LogP) is 0.958. The zero-order chi connectivity index (χ0) is 8.85. The smallest absolute Gasteiger partial charge is 0.253 e. The number of carbonyl (C=O) groups is 2. The van der Waals surface area contributed by atoms with Crippen LogP contribution in [0.1, 0.15) is 20.3 Å². The number of nitrogens with zero attached hydrogens (tertiary/aromatic N) is 1. The maximum Gasteiger partial charge on any atom is 0.253 e. The van der Waals surface area contributed by atoms with Crippen LogP contribution in [0.5, 0.6) is 0 Å². The van der Waals surface area contributed by atoms with E-state index in [0.29, 0.717) is 0 Å². The maximum atomic E-state index is 10.4. The lowest BCUT2D eigenvalue weighted by molar-refractivity contribution is -0.135. The SMILES string of the molecule is CCC.CN1C(=O)C=CC1=O. The molecule has 0 unspecified atom stereocenters. The molecule has 3 nitrogen and oxygen atoms in total. The van der Waals surface area contributed by atoms with Gasteiger partial charge in [-0.15, -0.1) is 0 Å². The number of hydrogen-bond donors (Lipinski definition) is 0. The number of rotatable bonds is 0. The molecule has 3 heteroatoms. The highest BCUT2D eigenvalue weighted by Crippen LogP contribution is 1.97. The molecule has 0 aromatic heterocycles. The first kappa shape index (κ1) is 9.88. The zero-order valence-electron chi connectivity index (χ0n) is 7.13. The fourth-order valence-electron chi connectivity index (χ4n) is 0.475. The Balaban J connectivity index is 0.000000292. The van der Waals surface area contributed by atoms with Gasteiger partial charge in [0, 0.05) is 19.2 Å². The number of amides is 2. The van der Waals surface area contributed by atoms with Gasteiger partial charge in [0.05, 0.1) is 0 Å². The van der Waals surface area contributed by atoms with Crippen LogP contribution in [-0.2, 0) is 9.59 Å². The highest BCUT2D eigenvalue weighted by molar-refractivity contribution is 6.12. The van der Waals surface area contributed by atoms with Gasteiger partial charge in [0.2, 0.25) is 0 Å². The Morgan fingerprint density at radius 3 is 1.55 bits per heavy atom. The van der Waals surface area contributed by atoms with Gasteiger partial charge in [-0.1, -0.05) is 20.3 Å². The van der Waals surface area contributed by atoms with Gasteiger partial charge >= 0.3 is 0 Å². The van der Waals surface area contributed by atoms with Crippen molar-refractivity contribution in [2.24, 2.45) is 0 Å². The predicted molar refractivity (Wildman–Crippen MR) is 42.9 cm³/mol. The number of hydrogen-bond acceptors (Lipinski definition) is 2. The molecule has 1 rings (SSSR count). The highest BCUT2D eigenvalue weighted by atomic mass is 16.2. The minimum absolute atomic E-state index is 0.241. The largest absolute Gasteiger partial charge is 0.279 e. The molecule has 1 heterocycles. The Hall–Kier alpha value is -1.12. The van der Waals surface area contributed by atoms with Crippen LogP contribution < -0.4 is 0 Å². The molecule has 0 aromatic rings. The average molecular weight is 155 g/mol. The molecular formula is C8H13NO2. The summed E-state index contributed by atoms with van der Waals surface area (Å²) >= 11 is 0. The van der Waals surface area contributed by atoms with Crippen LogP contribution >= 0.6 is 0 Å². The summed E-state index contributed by atoms with van der Waals surface area (Å²) in [6, 6.07) is 0. The molecule has 1 aliphatic rings. The molecule has 0 bridgehead atoms. The van der Waals surface area contributed by atoms with E-state index >= 15 is 0 Å². The van der Waals surface area contributed by atoms with E-state index in [4.69, 9.17) is 0 Å². The maximum absolute atomic E-state index is 10.4. The summed E-state index contributed by atoms with van der Waals surface area (Å²) in [6.07, 6.45) is 3.75. The molecule has 0 saturated carbocycles. The van der Waals surface area contributed by atoms with Crippen LogP contribution in [0.15, 0.2) is 12.2 Å². The zero-order valence-corrected chi connectivity index (χ0v) is 7.13. The highest BCUT2D eigenvalue weighted by Gasteiger charge is 2.17. The van der Waals surface area contributed by atoms with Gasteiger partial charge in [-0.05, 0) is 0 Å². The Kier molecular flexibility index (Phi) is 4.18. The van der Waals surface area contributed by atoms with E-state index in [0.717, 1.165) is 4.90 Å². The van der Waals surface area contributed by atoms with E-state index in [1.807, 2.05) is 0 Å². The van der Waals surface area contributed by atoms with E-state index in [2.05, 4.69) is 13.8 Å².